The maximum Gasteiger partial charge on any atom is 0.208 e. The fourth-order valence-corrected chi connectivity index (χ4v) is 2.56. The number of fused-ring (bicyclic) bond motifs is 1. The molecule has 2 nitrogen and oxygen atoms in total. The van der Waals surface area contributed by atoms with Crippen molar-refractivity contribution in [3.05, 3.63) is 35.1 Å². The molecule has 92 valence electrons. The third-order valence-corrected chi connectivity index (χ3v) is 3.70. The smallest absolute Gasteiger partial charge is 0.208 e. The number of rotatable bonds is 4. The molecule has 0 atom stereocenters. The zero-order valence-electron chi connectivity index (χ0n) is 10.7. The van der Waals surface area contributed by atoms with Gasteiger partial charge in [-0.05, 0) is 49.3 Å². The molecule has 1 heterocycles. The van der Waals surface area contributed by atoms with E-state index in [0.29, 0.717) is 11.7 Å². The van der Waals surface area contributed by atoms with Gasteiger partial charge in [0.2, 0.25) is 5.76 Å². The fraction of sp³-hybridized carbons (Fsp3) is 0.438. The lowest BCUT2D eigenvalue weighted by atomic mass is 10.0. The van der Waals surface area contributed by atoms with Gasteiger partial charge < -0.3 is 4.42 Å². The summed E-state index contributed by atoms with van der Waals surface area (Å²) in [6.07, 6.45) is 5.93. The summed E-state index contributed by atoms with van der Waals surface area (Å²) in [5.41, 5.74) is 3.39. The maximum absolute atomic E-state index is 9.16. The van der Waals surface area contributed by atoms with Crippen LogP contribution in [0.2, 0.25) is 0 Å². The van der Waals surface area contributed by atoms with E-state index in [-0.39, 0.29) is 0 Å². The van der Waals surface area contributed by atoms with Crippen molar-refractivity contribution in [1.82, 2.24) is 0 Å². The van der Waals surface area contributed by atoms with Gasteiger partial charge >= 0.3 is 0 Å². The van der Waals surface area contributed by atoms with E-state index in [4.69, 9.17) is 9.68 Å². The second-order valence-corrected chi connectivity index (χ2v) is 5.17. The van der Waals surface area contributed by atoms with Crippen LogP contribution < -0.4 is 0 Å². The van der Waals surface area contributed by atoms with Gasteiger partial charge in [0.1, 0.15) is 11.7 Å². The first-order valence-corrected chi connectivity index (χ1v) is 6.79. The first-order chi connectivity index (χ1) is 8.83. The number of furan rings is 1. The number of hydrogen-bond donors (Lipinski definition) is 0. The monoisotopic (exact) mass is 239 g/mol. The lowest BCUT2D eigenvalue weighted by Crippen LogP contribution is -1.85. The lowest BCUT2D eigenvalue weighted by Gasteiger charge is -2.00. The van der Waals surface area contributed by atoms with Crippen LogP contribution in [0.5, 0.6) is 0 Å². The average Bonchev–Trinajstić information content (AvgIpc) is 3.16. The summed E-state index contributed by atoms with van der Waals surface area (Å²) in [4.78, 5) is 0. The molecule has 0 bridgehead atoms. The van der Waals surface area contributed by atoms with Crippen LogP contribution >= 0.6 is 0 Å². The van der Waals surface area contributed by atoms with Crippen LogP contribution in [0.3, 0.4) is 0 Å². The first-order valence-electron chi connectivity index (χ1n) is 6.79. The van der Waals surface area contributed by atoms with E-state index in [1.165, 1.54) is 36.6 Å². The van der Waals surface area contributed by atoms with Crippen molar-refractivity contribution in [3.8, 4) is 6.07 Å². The number of aryl methyl sites for hydroxylation is 1. The Morgan fingerprint density at radius 1 is 1.39 bits per heavy atom. The first kappa shape index (κ1) is 11.3. The van der Waals surface area contributed by atoms with Gasteiger partial charge in [0.25, 0.3) is 0 Å². The molecule has 0 N–H and O–H groups in total. The highest BCUT2D eigenvalue weighted by molar-refractivity contribution is 5.85. The van der Waals surface area contributed by atoms with Gasteiger partial charge in [0.15, 0.2) is 0 Å². The molecule has 1 saturated carbocycles. The molecule has 1 aliphatic carbocycles. The van der Waals surface area contributed by atoms with Crippen molar-refractivity contribution in [2.75, 3.05) is 0 Å². The molecule has 1 aromatic heterocycles. The van der Waals surface area contributed by atoms with Crippen molar-refractivity contribution in [2.45, 2.75) is 44.9 Å². The average molecular weight is 239 g/mol. The highest BCUT2D eigenvalue weighted by atomic mass is 16.3. The molecule has 2 aromatic rings. The van der Waals surface area contributed by atoms with Crippen molar-refractivity contribution in [3.63, 3.8) is 0 Å². The van der Waals surface area contributed by atoms with E-state index in [2.05, 4.69) is 25.1 Å². The predicted octanol–water partition coefficient (Wildman–Crippen LogP) is 4.52. The van der Waals surface area contributed by atoms with Crippen molar-refractivity contribution >= 4 is 11.0 Å². The van der Waals surface area contributed by atoms with Crippen molar-refractivity contribution in [1.29, 1.82) is 5.26 Å². The Morgan fingerprint density at radius 3 is 2.89 bits per heavy atom. The minimum absolute atomic E-state index is 0.528. The zero-order chi connectivity index (χ0) is 12.5. The van der Waals surface area contributed by atoms with E-state index in [9.17, 15) is 0 Å². The van der Waals surface area contributed by atoms with Crippen LogP contribution in [0.15, 0.2) is 22.6 Å². The SMILES string of the molecule is CCCCc1ccc2oc(C#N)c(C3CC3)c2c1. The van der Waals surface area contributed by atoms with E-state index in [1.807, 2.05) is 6.07 Å². The molecule has 0 spiro atoms. The predicted molar refractivity (Wildman–Crippen MR) is 71.5 cm³/mol. The molecule has 1 aliphatic rings. The number of nitriles is 1. The summed E-state index contributed by atoms with van der Waals surface area (Å²) < 4.78 is 5.65. The van der Waals surface area contributed by atoms with Gasteiger partial charge in [-0.1, -0.05) is 19.4 Å². The summed E-state index contributed by atoms with van der Waals surface area (Å²) in [5.74, 6) is 1.09. The Hall–Kier alpha value is -1.75. The summed E-state index contributed by atoms with van der Waals surface area (Å²) in [5, 5.41) is 10.3. The molecular weight excluding hydrogens is 222 g/mol. The van der Waals surface area contributed by atoms with Gasteiger partial charge in [-0.15, -0.1) is 0 Å². The van der Waals surface area contributed by atoms with Crippen molar-refractivity contribution < 1.29 is 4.42 Å². The molecule has 2 heteroatoms. The van der Waals surface area contributed by atoms with Crippen LogP contribution in [0.1, 0.15) is 55.4 Å². The summed E-state index contributed by atoms with van der Waals surface area (Å²) in [7, 11) is 0. The second-order valence-electron chi connectivity index (χ2n) is 5.17. The Bertz CT molecular complexity index is 614. The van der Waals surface area contributed by atoms with Crippen LogP contribution in [0.4, 0.5) is 0 Å². The molecule has 0 saturated heterocycles. The minimum atomic E-state index is 0.528. The van der Waals surface area contributed by atoms with E-state index in [1.54, 1.807) is 0 Å². The molecule has 0 aliphatic heterocycles. The number of benzene rings is 1. The third-order valence-electron chi connectivity index (χ3n) is 3.70. The summed E-state index contributed by atoms with van der Waals surface area (Å²) in [6, 6.07) is 8.57. The lowest BCUT2D eigenvalue weighted by molar-refractivity contribution is 0.593. The van der Waals surface area contributed by atoms with Gasteiger partial charge in [-0.2, -0.15) is 5.26 Å². The maximum atomic E-state index is 9.16. The molecule has 0 radical (unpaired) electrons. The number of unbranched alkanes of at least 4 members (excludes halogenated alkanes) is 1. The third kappa shape index (κ3) is 1.90. The van der Waals surface area contributed by atoms with E-state index < -0.39 is 0 Å². The molecule has 1 aromatic carbocycles. The van der Waals surface area contributed by atoms with Crippen molar-refractivity contribution in [2.24, 2.45) is 0 Å². The van der Waals surface area contributed by atoms with Gasteiger partial charge in [0, 0.05) is 10.9 Å². The minimum Gasteiger partial charge on any atom is -0.445 e. The van der Waals surface area contributed by atoms with Gasteiger partial charge in [0.05, 0.1) is 0 Å². The fourth-order valence-electron chi connectivity index (χ4n) is 2.56. The van der Waals surface area contributed by atoms with E-state index >= 15 is 0 Å². The van der Waals surface area contributed by atoms with Crippen LogP contribution in [0, 0.1) is 11.3 Å². The highest BCUT2D eigenvalue weighted by Crippen LogP contribution is 2.46. The van der Waals surface area contributed by atoms with Crippen LogP contribution in [0.25, 0.3) is 11.0 Å². The molecule has 0 unspecified atom stereocenters. The number of nitrogens with zero attached hydrogens (tertiary/aromatic N) is 1. The highest BCUT2D eigenvalue weighted by Gasteiger charge is 2.30. The Balaban J connectivity index is 2.08. The second kappa shape index (κ2) is 4.49. The van der Waals surface area contributed by atoms with Gasteiger partial charge in [-0.3, -0.25) is 0 Å². The molecule has 3 rings (SSSR count). The zero-order valence-corrected chi connectivity index (χ0v) is 10.7. The topological polar surface area (TPSA) is 36.9 Å². The quantitative estimate of drug-likeness (QED) is 0.786. The molecule has 0 amide bonds. The van der Waals surface area contributed by atoms with Gasteiger partial charge in [-0.25, -0.2) is 0 Å². The molecule has 1 fully saturated rings. The Kier molecular flexibility index (Phi) is 2.83. The number of hydrogen-bond acceptors (Lipinski definition) is 2. The van der Waals surface area contributed by atoms with Crippen LogP contribution in [-0.4, -0.2) is 0 Å². The summed E-state index contributed by atoms with van der Waals surface area (Å²) in [6.45, 7) is 2.21. The Labute approximate surface area is 107 Å². The normalized spacial score (nSPS) is 14.9. The Morgan fingerprint density at radius 2 is 2.22 bits per heavy atom. The molecular formula is C16H17NO. The van der Waals surface area contributed by atoms with E-state index in [0.717, 1.165) is 17.6 Å². The molecule has 18 heavy (non-hydrogen) atoms. The summed E-state index contributed by atoms with van der Waals surface area (Å²) >= 11 is 0. The van der Waals surface area contributed by atoms with Crippen LogP contribution in [-0.2, 0) is 6.42 Å². The standard InChI is InChI=1S/C16H17NO/c1-2-3-4-11-5-8-14-13(9-11)16(12-6-7-12)15(10-17)18-14/h5,8-9,12H,2-4,6-7H2,1H3. The largest absolute Gasteiger partial charge is 0.445 e.